The van der Waals surface area contributed by atoms with Crippen LogP contribution in [-0.4, -0.2) is 36.4 Å². The fourth-order valence-corrected chi connectivity index (χ4v) is 0.835. The van der Waals surface area contributed by atoms with Gasteiger partial charge in [-0.05, 0) is 12.1 Å². The molecule has 0 atom stereocenters. The first-order valence-electron chi connectivity index (χ1n) is 4.05. The van der Waals surface area contributed by atoms with Gasteiger partial charge in [-0.2, -0.15) is 0 Å². The van der Waals surface area contributed by atoms with Gasteiger partial charge in [-0.1, -0.05) is 0 Å². The molecular weight excluding hydrogens is 186 g/mol. The van der Waals surface area contributed by atoms with Crippen LogP contribution in [0.4, 0.5) is 0 Å². The van der Waals surface area contributed by atoms with Crippen LogP contribution in [0.25, 0.3) is 0 Å². The number of pyridine rings is 1. The quantitative estimate of drug-likeness (QED) is 0.707. The molecule has 14 heavy (non-hydrogen) atoms. The molecule has 0 aliphatic rings. The van der Waals surface area contributed by atoms with Gasteiger partial charge in [-0.15, -0.1) is 0 Å². The molecule has 0 aromatic carbocycles. The highest BCUT2D eigenvalue weighted by atomic mass is 16.5. The van der Waals surface area contributed by atoms with E-state index in [9.17, 15) is 4.79 Å². The summed E-state index contributed by atoms with van der Waals surface area (Å²) in [5, 5.41) is 8.57. The van der Waals surface area contributed by atoms with Gasteiger partial charge >= 0.3 is 5.97 Å². The average Bonchev–Trinajstić information content (AvgIpc) is 2.19. The van der Waals surface area contributed by atoms with E-state index in [0.717, 1.165) is 0 Å². The Hall–Kier alpha value is -1.62. The molecule has 0 bridgehead atoms. The second-order valence-corrected chi connectivity index (χ2v) is 2.53. The molecule has 0 saturated carbocycles. The van der Waals surface area contributed by atoms with Crippen LogP contribution in [0, 0.1) is 0 Å². The largest absolute Gasteiger partial charge is 0.490 e. The Morgan fingerprint density at radius 1 is 1.50 bits per heavy atom. The normalized spacial score (nSPS) is 9.79. The second-order valence-electron chi connectivity index (χ2n) is 2.53. The van der Waals surface area contributed by atoms with Crippen molar-refractivity contribution in [3.63, 3.8) is 0 Å². The maximum atomic E-state index is 10.4. The maximum absolute atomic E-state index is 10.4. The predicted octanol–water partition coefficient (Wildman–Crippen LogP) is 0.805. The molecule has 1 heterocycles. The first-order valence-corrected chi connectivity index (χ1v) is 4.05. The summed E-state index contributed by atoms with van der Waals surface area (Å²) in [4.78, 5) is 14.1. The van der Waals surface area contributed by atoms with Crippen LogP contribution in [0.5, 0.6) is 5.75 Å². The molecule has 0 aliphatic carbocycles. The van der Waals surface area contributed by atoms with E-state index in [1.54, 1.807) is 13.2 Å². The maximum Gasteiger partial charge on any atom is 0.354 e. The van der Waals surface area contributed by atoms with Gasteiger partial charge in [0, 0.05) is 7.11 Å². The highest BCUT2D eigenvalue weighted by Gasteiger charge is 2.03. The summed E-state index contributed by atoms with van der Waals surface area (Å²) in [7, 11) is 1.58. The smallest absolute Gasteiger partial charge is 0.354 e. The van der Waals surface area contributed by atoms with E-state index in [-0.39, 0.29) is 5.69 Å². The van der Waals surface area contributed by atoms with Crippen molar-refractivity contribution in [1.29, 1.82) is 0 Å². The zero-order valence-corrected chi connectivity index (χ0v) is 7.77. The molecule has 1 aromatic rings. The van der Waals surface area contributed by atoms with Crippen molar-refractivity contribution >= 4 is 5.97 Å². The third-order valence-electron chi connectivity index (χ3n) is 1.51. The van der Waals surface area contributed by atoms with Crippen LogP contribution in [0.15, 0.2) is 18.3 Å². The Balaban J connectivity index is 2.51. The number of ether oxygens (including phenoxy) is 2. The van der Waals surface area contributed by atoms with Gasteiger partial charge < -0.3 is 14.6 Å². The number of carboxylic acids is 1. The lowest BCUT2D eigenvalue weighted by Crippen LogP contribution is -2.05. The van der Waals surface area contributed by atoms with Gasteiger partial charge in [0.25, 0.3) is 0 Å². The van der Waals surface area contributed by atoms with Crippen LogP contribution < -0.4 is 4.74 Å². The Labute approximate surface area is 81.3 Å². The number of carbonyl (C=O) groups is 1. The van der Waals surface area contributed by atoms with E-state index in [0.29, 0.717) is 19.0 Å². The summed E-state index contributed by atoms with van der Waals surface area (Å²) in [6.07, 6.45) is 1.37. The first kappa shape index (κ1) is 10.5. The van der Waals surface area contributed by atoms with Crippen molar-refractivity contribution in [3.05, 3.63) is 24.0 Å². The fourth-order valence-electron chi connectivity index (χ4n) is 0.835. The third-order valence-corrected chi connectivity index (χ3v) is 1.51. The molecule has 5 heteroatoms. The standard InChI is InChI=1S/C9H11NO4/c1-13-4-5-14-7-2-3-8(9(11)12)10-6-7/h2-3,6H,4-5H2,1H3,(H,11,12). The second kappa shape index (κ2) is 5.18. The summed E-state index contributed by atoms with van der Waals surface area (Å²) >= 11 is 0. The van der Waals surface area contributed by atoms with Gasteiger partial charge in [-0.3, -0.25) is 0 Å². The lowest BCUT2D eigenvalue weighted by atomic mass is 10.3. The number of rotatable bonds is 5. The Kier molecular flexibility index (Phi) is 3.87. The molecule has 1 rings (SSSR count). The van der Waals surface area contributed by atoms with Crippen molar-refractivity contribution < 1.29 is 19.4 Å². The zero-order valence-electron chi connectivity index (χ0n) is 7.77. The minimum atomic E-state index is -1.05. The summed E-state index contributed by atoms with van der Waals surface area (Å²) in [5.74, 6) is -0.513. The van der Waals surface area contributed by atoms with Crippen molar-refractivity contribution in [2.24, 2.45) is 0 Å². The highest BCUT2D eigenvalue weighted by molar-refractivity contribution is 5.85. The number of nitrogens with zero attached hydrogens (tertiary/aromatic N) is 1. The van der Waals surface area contributed by atoms with Gasteiger partial charge in [0.05, 0.1) is 12.8 Å². The number of hydrogen-bond acceptors (Lipinski definition) is 4. The molecule has 1 aromatic heterocycles. The van der Waals surface area contributed by atoms with E-state index < -0.39 is 5.97 Å². The van der Waals surface area contributed by atoms with Crippen LogP contribution in [-0.2, 0) is 4.74 Å². The Bertz CT molecular complexity index is 296. The molecule has 0 fully saturated rings. The average molecular weight is 197 g/mol. The minimum absolute atomic E-state index is 0.00379. The first-order chi connectivity index (χ1) is 6.74. The third kappa shape index (κ3) is 3.02. The van der Waals surface area contributed by atoms with Crippen molar-refractivity contribution in [1.82, 2.24) is 4.98 Å². The molecule has 0 saturated heterocycles. The van der Waals surface area contributed by atoms with Gasteiger partial charge in [0.15, 0.2) is 0 Å². The lowest BCUT2D eigenvalue weighted by Gasteiger charge is -2.04. The summed E-state index contributed by atoms with van der Waals surface area (Å²) in [6.45, 7) is 0.908. The molecule has 0 unspecified atom stereocenters. The number of carboxylic acid groups (broad SMARTS) is 1. The van der Waals surface area contributed by atoms with Gasteiger partial charge in [0.2, 0.25) is 0 Å². The molecule has 0 aliphatic heterocycles. The van der Waals surface area contributed by atoms with E-state index in [1.807, 2.05) is 0 Å². The fraction of sp³-hybridized carbons (Fsp3) is 0.333. The van der Waals surface area contributed by atoms with Gasteiger partial charge in [0.1, 0.15) is 18.1 Å². The molecule has 0 spiro atoms. The molecule has 0 amide bonds. The molecule has 5 nitrogen and oxygen atoms in total. The topological polar surface area (TPSA) is 68.7 Å². The van der Waals surface area contributed by atoms with E-state index in [2.05, 4.69) is 4.98 Å². The van der Waals surface area contributed by atoms with E-state index in [4.69, 9.17) is 14.6 Å². The van der Waals surface area contributed by atoms with Crippen LogP contribution in [0.2, 0.25) is 0 Å². The predicted molar refractivity (Wildman–Crippen MR) is 48.6 cm³/mol. The minimum Gasteiger partial charge on any atom is -0.490 e. The summed E-state index contributed by atoms with van der Waals surface area (Å²) in [5.41, 5.74) is 0.00379. The summed E-state index contributed by atoms with van der Waals surface area (Å²) in [6, 6.07) is 2.95. The Morgan fingerprint density at radius 3 is 2.79 bits per heavy atom. The number of aromatic carboxylic acids is 1. The lowest BCUT2D eigenvalue weighted by molar-refractivity contribution is 0.0690. The highest BCUT2D eigenvalue weighted by Crippen LogP contribution is 2.08. The van der Waals surface area contributed by atoms with Crippen molar-refractivity contribution in [3.8, 4) is 5.75 Å². The van der Waals surface area contributed by atoms with E-state index >= 15 is 0 Å². The van der Waals surface area contributed by atoms with Crippen molar-refractivity contribution in [2.75, 3.05) is 20.3 Å². The van der Waals surface area contributed by atoms with Crippen molar-refractivity contribution in [2.45, 2.75) is 0 Å². The number of hydrogen-bond donors (Lipinski definition) is 1. The zero-order chi connectivity index (χ0) is 10.4. The number of aromatic nitrogens is 1. The molecular formula is C9H11NO4. The molecule has 1 N–H and O–H groups in total. The number of methoxy groups -OCH3 is 1. The SMILES string of the molecule is COCCOc1ccc(C(=O)O)nc1. The molecule has 76 valence electrons. The summed E-state index contributed by atoms with van der Waals surface area (Å²) < 4.78 is 9.99. The van der Waals surface area contributed by atoms with E-state index in [1.165, 1.54) is 12.3 Å². The Morgan fingerprint density at radius 2 is 2.29 bits per heavy atom. The van der Waals surface area contributed by atoms with Crippen LogP contribution in [0.3, 0.4) is 0 Å². The van der Waals surface area contributed by atoms with Crippen LogP contribution in [0.1, 0.15) is 10.5 Å². The molecule has 0 radical (unpaired) electrons. The monoisotopic (exact) mass is 197 g/mol. The van der Waals surface area contributed by atoms with Crippen LogP contribution >= 0.6 is 0 Å². The van der Waals surface area contributed by atoms with Gasteiger partial charge in [-0.25, -0.2) is 9.78 Å².